The van der Waals surface area contributed by atoms with Gasteiger partial charge in [0, 0.05) is 14.2 Å². The summed E-state index contributed by atoms with van der Waals surface area (Å²) in [6, 6.07) is 4.51. The molecule has 0 fully saturated rings. The Kier molecular flexibility index (Phi) is 5.60. The minimum atomic E-state index is -1.23. The molecule has 1 N–H and O–H groups in total. The predicted molar refractivity (Wildman–Crippen MR) is 63.1 cm³/mol. The molecule has 1 rings (SSSR count). The summed E-state index contributed by atoms with van der Waals surface area (Å²) in [5.41, 5.74) is 0.0234. The average molecular weight is 267 g/mol. The first-order valence-electron chi connectivity index (χ1n) is 5.19. The van der Waals surface area contributed by atoms with E-state index in [1.165, 1.54) is 26.4 Å². The van der Waals surface area contributed by atoms with Gasteiger partial charge in [-0.05, 0) is 12.1 Å². The van der Waals surface area contributed by atoms with Crippen LogP contribution in [0.25, 0.3) is 0 Å². The molecule has 0 spiro atoms. The molecule has 0 radical (unpaired) electrons. The molecule has 0 aromatic heterocycles. The second-order valence-corrected chi connectivity index (χ2v) is 3.37. The van der Waals surface area contributed by atoms with Crippen molar-refractivity contribution >= 4 is 5.97 Å². The molecule has 0 atom stereocenters. The maximum Gasteiger partial charge on any atom is 0.343 e. The second-order valence-electron chi connectivity index (χ2n) is 3.37. The molecule has 0 saturated carbocycles. The highest BCUT2D eigenvalue weighted by atomic mass is 16.7. The van der Waals surface area contributed by atoms with E-state index in [2.05, 4.69) is 0 Å². The van der Waals surface area contributed by atoms with E-state index in [1.54, 1.807) is 0 Å². The van der Waals surface area contributed by atoms with Gasteiger partial charge in [-0.2, -0.15) is 5.26 Å². The Morgan fingerprint density at radius 1 is 1.21 bits per heavy atom. The number of benzene rings is 1. The van der Waals surface area contributed by atoms with Gasteiger partial charge in [0.2, 0.25) is 0 Å². The molecule has 0 heterocycles. The summed E-state index contributed by atoms with van der Waals surface area (Å²) in [7, 11) is 2.80. The molecule has 0 aliphatic rings. The summed E-state index contributed by atoms with van der Waals surface area (Å²) < 4.78 is 19.7. The molecule has 0 amide bonds. The number of nitriles is 1. The number of ether oxygens (including phenoxy) is 4. The lowest BCUT2D eigenvalue weighted by Gasteiger charge is -2.13. The van der Waals surface area contributed by atoms with E-state index < -0.39 is 5.97 Å². The van der Waals surface area contributed by atoms with Crippen molar-refractivity contribution < 1.29 is 28.8 Å². The molecule has 0 bridgehead atoms. The Hall–Kier alpha value is -2.30. The van der Waals surface area contributed by atoms with E-state index in [9.17, 15) is 9.90 Å². The SMILES string of the molecule is COCOc1cc(C#N)cc(OCOC)c1C(=O)O. The first-order chi connectivity index (χ1) is 9.13. The first kappa shape index (κ1) is 14.8. The Balaban J connectivity index is 3.25. The summed E-state index contributed by atoms with van der Waals surface area (Å²) >= 11 is 0. The van der Waals surface area contributed by atoms with E-state index in [0.717, 1.165) is 0 Å². The monoisotopic (exact) mass is 267 g/mol. The van der Waals surface area contributed by atoms with Crippen molar-refractivity contribution in [1.82, 2.24) is 0 Å². The molecular formula is C12H13NO6. The normalized spacial score (nSPS) is 9.74. The Morgan fingerprint density at radius 2 is 1.68 bits per heavy atom. The second kappa shape index (κ2) is 7.20. The van der Waals surface area contributed by atoms with Gasteiger partial charge in [-0.25, -0.2) is 4.79 Å². The van der Waals surface area contributed by atoms with Crippen molar-refractivity contribution in [2.45, 2.75) is 0 Å². The van der Waals surface area contributed by atoms with Crippen LogP contribution in [0.1, 0.15) is 15.9 Å². The van der Waals surface area contributed by atoms with Crippen molar-refractivity contribution in [3.05, 3.63) is 23.3 Å². The fourth-order valence-corrected chi connectivity index (χ4v) is 1.34. The smallest absolute Gasteiger partial charge is 0.343 e. The number of hydrogen-bond acceptors (Lipinski definition) is 6. The molecule has 19 heavy (non-hydrogen) atoms. The van der Waals surface area contributed by atoms with Crippen LogP contribution in [0.4, 0.5) is 0 Å². The predicted octanol–water partition coefficient (Wildman–Crippen LogP) is 1.22. The minimum absolute atomic E-state index is 0.000460. The topological polar surface area (TPSA) is 98.0 Å². The van der Waals surface area contributed by atoms with Gasteiger partial charge in [0.25, 0.3) is 0 Å². The number of carboxylic acids is 1. The number of hydrogen-bond donors (Lipinski definition) is 1. The average Bonchev–Trinajstić information content (AvgIpc) is 2.41. The molecule has 0 aliphatic carbocycles. The van der Waals surface area contributed by atoms with E-state index in [4.69, 9.17) is 24.2 Å². The summed E-state index contributed by atoms with van der Waals surface area (Å²) in [5, 5.41) is 18.1. The molecule has 7 heteroatoms. The van der Waals surface area contributed by atoms with Crippen molar-refractivity contribution in [3.63, 3.8) is 0 Å². The van der Waals surface area contributed by atoms with Crippen molar-refractivity contribution in [3.8, 4) is 17.6 Å². The minimum Gasteiger partial charge on any atom is -0.477 e. The highest BCUT2D eigenvalue weighted by molar-refractivity contribution is 5.94. The van der Waals surface area contributed by atoms with Crippen LogP contribution in [-0.2, 0) is 9.47 Å². The van der Waals surface area contributed by atoms with Gasteiger partial charge in [0.1, 0.15) is 17.1 Å². The van der Waals surface area contributed by atoms with Gasteiger partial charge in [0.05, 0.1) is 11.6 Å². The van der Waals surface area contributed by atoms with Crippen LogP contribution in [0.3, 0.4) is 0 Å². The highest BCUT2D eigenvalue weighted by Crippen LogP contribution is 2.31. The van der Waals surface area contributed by atoms with Gasteiger partial charge < -0.3 is 24.1 Å². The third-order valence-electron chi connectivity index (χ3n) is 2.07. The number of aromatic carboxylic acids is 1. The van der Waals surface area contributed by atoms with Crippen molar-refractivity contribution in [2.75, 3.05) is 27.8 Å². The van der Waals surface area contributed by atoms with Gasteiger partial charge in [-0.1, -0.05) is 0 Å². The Morgan fingerprint density at radius 3 is 2.00 bits per heavy atom. The zero-order valence-electron chi connectivity index (χ0n) is 10.5. The van der Waals surface area contributed by atoms with Crippen LogP contribution >= 0.6 is 0 Å². The largest absolute Gasteiger partial charge is 0.477 e. The summed E-state index contributed by atoms with van der Waals surface area (Å²) in [6.45, 7) is -0.280. The zero-order valence-corrected chi connectivity index (χ0v) is 10.5. The molecule has 0 aliphatic heterocycles. The standard InChI is InChI=1S/C12H13NO6/c1-16-6-18-9-3-8(5-13)4-10(19-7-17-2)11(9)12(14)15/h3-4H,6-7H2,1-2H3,(H,14,15). The Bertz CT molecular complexity index is 464. The fraction of sp³-hybridized carbons (Fsp3) is 0.333. The van der Waals surface area contributed by atoms with Crippen LogP contribution in [0.5, 0.6) is 11.5 Å². The Labute approximate surface area is 109 Å². The molecule has 1 aromatic rings. The van der Waals surface area contributed by atoms with Gasteiger partial charge in [-0.15, -0.1) is 0 Å². The van der Waals surface area contributed by atoms with Crippen LogP contribution in [0, 0.1) is 11.3 Å². The van der Waals surface area contributed by atoms with Crippen molar-refractivity contribution in [2.24, 2.45) is 0 Å². The van der Waals surface area contributed by atoms with Crippen LogP contribution in [-0.4, -0.2) is 38.9 Å². The fourth-order valence-electron chi connectivity index (χ4n) is 1.34. The summed E-state index contributed by atoms with van der Waals surface area (Å²) in [5.74, 6) is -1.24. The number of methoxy groups -OCH3 is 2. The molecule has 1 aromatic carbocycles. The van der Waals surface area contributed by atoms with E-state index in [1.807, 2.05) is 6.07 Å². The third-order valence-corrected chi connectivity index (χ3v) is 2.07. The van der Waals surface area contributed by atoms with E-state index >= 15 is 0 Å². The van der Waals surface area contributed by atoms with E-state index in [0.29, 0.717) is 0 Å². The number of nitrogens with zero attached hydrogens (tertiary/aromatic N) is 1. The molecular weight excluding hydrogens is 254 g/mol. The number of carboxylic acid groups (broad SMARTS) is 1. The van der Waals surface area contributed by atoms with Gasteiger partial charge >= 0.3 is 5.97 Å². The maximum atomic E-state index is 11.2. The number of rotatable bonds is 7. The maximum absolute atomic E-state index is 11.2. The van der Waals surface area contributed by atoms with Gasteiger partial charge in [0.15, 0.2) is 13.6 Å². The quantitative estimate of drug-likeness (QED) is 0.741. The first-order valence-corrected chi connectivity index (χ1v) is 5.19. The highest BCUT2D eigenvalue weighted by Gasteiger charge is 2.20. The molecule has 0 saturated heterocycles. The lowest BCUT2D eigenvalue weighted by molar-refractivity contribution is 0.0418. The lowest BCUT2D eigenvalue weighted by Crippen LogP contribution is -2.10. The van der Waals surface area contributed by atoms with Crippen LogP contribution in [0.15, 0.2) is 12.1 Å². The molecule has 102 valence electrons. The molecule has 7 nitrogen and oxygen atoms in total. The lowest BCUT2D eigenvalue weighted by atomic mass is 10.1. The number of carbonyl (C=O) groups is 1. The van der Waals surface area contributed by atoms with Crippen LogP contribution < -0.4 is 9.47 Å². The summed E-state index contributed by atoms with van der Waals surface area (Å²) in [4.78, 5) is 11.2. The zero-order chi connectivity index (χ0) is 14.3. The van der Waals surface area contributed by atoms with Crippen molar-refractivity contribution in [1.29, 1.82) is 5.26 Å². The van der Waals surface area contributed by atoms with Gasteiger partial charge in [-0.3, -0.25) is 0 Å². The summed E-state index contributed by atoms with van der Waals surface area (Å²) in [6.07, 6.45) is 0. The van der Waals surface area contributed by atoms with Crippen LogP contribution in [0.2, 0.25) is 0 Å². The third kappa shape index (κ3) is 3.84. The molecule has 0 unspecified atom stereocenters. The van der Waals surface area contributed by atoms with E-state index in [-0.39, 0.29) is 36.2 Å².